The zero-order valence-corrected chi connectivity index (χ0v) is 10.5. The van der Waals surface area contributed by atoms with E-state index in [-0.39, 0.29) is 12.5 Å². The monoisotopic (exact) mass is 257 g/mol. The Bertz CT molecular complexity index is 390. The van der Waals surface area contributed by atoms with Gasteiger partial charge in [-0.2, -0.15) is 0 Å². The average Bonchev–Trinajstić information content (AvgIpc) is 2.63. The fourth-order valence-electron chi connectivity index (χ4n) is 1.27. The van der Waals surface area contributed by atoms with Gasteiger partial charge in [0, 0.05) is 16.6 Å². The normalized spacial score (nSPS) is 10.9. The number of rotatable bonds is 5. The SMILES string of the molecule is CC(C)(CC(=O)O)NC(=O)NCc1cncs1. The second-order valence-corrected chi connectivity index (χ2v) is 5.20. The lowest BCUT2D eigenvalue weighted by atomic mass is 10.0. The summed E-state index contributed by atoms with van der Waals surface area (Å²) in [6.45, 7) is 3.71. The molecule has 0 aliphatic carbocycles. The molecular formula is C10H15N3O3S. The molecule has 0 fully saturated rings. The first-order valence-electron chi connectivity index (χ1n) is 5.04. The molecule has 3 N–H and O–H groups in total. The Morgan fingerprint density at radius 3 is 2.76 bits per heavy atom. The van der Waals surface area contributed by atoms with Crippen LogP contribution in [0.15, 0.2) is 11.7 Å². The van der Waals surface area contributed by atoms with Gasteiger partial charge in [0.25, 0.3) is 0 Å². The minimum Gasteiger partial charge on any atom is -0.481 e. The highest BCUT2D eigenvalue weighted by Crippen LogP contribution is 2.08. The molecule has 1 heterocycles. The molecule has 1 aromatic rings. The van der Waals surface area contributed by atoms with Crippen LogP contribution in [-0.4, -0.2) is 27.6 Å². The number of hydrogen-bond donors (Lipinski definition) is 3. The van der Waals surface area contributed by atoms with Crippen LogP contribution in [0.4, 0.5) is 4.79 Å². The minimum absolute atomic E-state index is 0.124. The van der Waals surface area contributed by atoms with Crippen LogP contribution >= 0.6 is 11.3 Å². The fourth-order valence-corrected chi connectivity index (χ4v) is 1.80. The third kappa shape index (κ3) is 5.30. The molecule has 0 atom stereocenters. The standard InChI is InChI=1S/C10H15N3O3S/c1-10(2,3-8(14)15)13-9(16)12-5-7-4-11-6-17-7/h4,6H,3,5H2,1-2H3,(H,14,15)(H2,12,13,16). The number of carboxylic acids is 1. The van der Waals surface area contributed by atoms with Crippen molar-refractivity contribution in [1.29, 1.82) is 0 Å². The summed E-state index contributed by atoms with van der Waals surface area (Å²) in [5, 5.41) is 13.9. The van der Waals surface area contributed by atoms with Crippen LogP contribution in [0.3, 0.4) is 0 Å². The summed E-state index contributed by atoms with van der Waals surface area (Å²) < 4.78 is 0. The molecule has 0 saturated heterocycles. The molecule has 1 aromatic heterocycles. The topological polar surface area (TPSA) is 91.3 Å². The van der Waals surface area contributed by atoms with E-state index in [2.05, 4.69) is 15.6 Å². The van der Waals surface area contributed by atoms with Crippen molar-refractivity contribution in [3.05, 3.63) is 16.6 Å². The first-order valence-corrected chi connectivity index (χ1v) is 5.92. The summed E-state index contributed by atoms with van der Waals surface area (Å²) in [4.78, 5) is 26.9. The quantitative estimate of drug-likeness (QED) is 0.739. The lowest BCUT2D eigenvalue weighted by molar-refractivity contribution is -0.138. The van der Waals surface area contributed by atoms with Crippen molar-refractivity contribution in [3.63, 3.8) is 0 Å². The molecule has 0 radical (unpaired) electrons. The Morgan fingerprint density at radius 1 is 1.53 bits per heavy atom. The maximum Gasteiger partial charge on any atom is 0.315 e. The Balaban J connectivity index is 2.36. The lowest BCUT2D eigenvalue weighted by Gasteiger charge is -2.24. The molecule has 0 unspecified atom stereocenters. The van der Waals surface area contributed by atoms with E-state index in [0.29, 0.717) is 6.54 Å². The molecule has 0 aromatic carbocycles. The molecule has 0 spiro atoms. The number of nitrogens with zero attached hydrogens (tertiary/aromatic N) is 1. The van der Waals surface area contributed by atoms with E-state index in [4.69, 9.17) is 5.11 Å². The number of carboxylic acid groups (broad SMARTS) is 1. The predicted octanol–water partition coefficient (Wildman–Crippen LogP) is 1.20. The van der Waals surface area contributed by atoms with Crippen LogP contribution in [0.25, 0.3) is 0 Å². The van der Waals surface area contributed by atoms with Crippen molar-refractivity contribution in [2.45, 2.75) is 32.4 Å². The minimum atomic E-state index is -0.947. The average molecular weight is 257 g/mol. The summed E-state index contributed by atoms with van der Waals surface area (Å²) in [5.74, 6) is -0.947. The number of aliphatic carboxylic acids is 1. The van der Waals surface area contributed by atoms with Crippen molar-refractivity contribution in [3.8, 4) is 0 Å². The molecule has 0 aliphatic rings. The smallest absolute Gasteiger partial charge is 0.315 e. The van der Waals surface area contributed by atoms with Crippen LogP contribution in [-0.2, 0) is 11.3 Å². The molecule has 2 amide bonds. The Labute approximate surface area is 103 Å². The van der Waals surface area contributed by atoms with Gasteiger partial charge in [0.05, 0.1) is 18.5 Å². The summed E-state index contributed by atoms with van der Waals surface area (Å²) in [6.07, 6.45) is 1.55. The van der Waals surface area contributed by atoms with Gasteiger partial charge in [0.1, 0.15) is 0 Å². The van der Waals surface area contributed by atoms with Crippen molar-refractivity contribution >= 4 is 23.3 Å². The largest absolute Gasteiger partial charge is 0.481 e. The van der Waals surface area contributed by atoms with Gasteiger partial charge in [0.15, 0.2) is 0 Å². The van der Waals surface area contributed by atoms with Crippen molar-refractivity contribution < 1.29 is 14.7 Å². The maximum absolute atomic E-state index is 11.5. The molecule has 17 heavy (non-hydrogen) atoms. The first kappa shape index (κ1) is 13.4. The number of amides is 2. The summed E-state index contributed by atoms with van der Waals surface area (Å²) >= 11 is 1.45. The van der Waals surface area contributed by atoms with Crippen LogP contribution < -0.4 is 10.6 Å². The van der Waals surface area contributed by atoms with E-state index >= 15 is 0 Å². The molecular weight excluding hydrogens is 242 g/mol. The molecule has 0 aliphatic heterocycles. The van der Waals surface area contributed by atoms with Gasteiger partial charge in [0.2, 0.25) is 0 Å². The van der Waals surface area contributed by atoms with Crippen molar-refractivity contribution in [1.82, 2.24) is 15.6 Å². The van der Waals surface area contributed by atoms with Gasteiger partial charge in [-0.1, -0.05) is 0 Å². The van der Waals surface area contributed by atoms with Crippen LogP contribution in [0.2, 0.25) is 0 Å². The highest BCUT2D eigenvalue weighted by molar-refractivity contribution is 7.09. The van der Waals surface area contributed by atoms with Gasteiger partial charge in [-0.3, -0.25) is 9.78 Å². The molecule has 0 bridgehead atoms. The molecule has 7 heteroatoms. The Kier molecular flexibility index (Phi) is 4.45. The number of aromatic nitrogens is 1. The fraction of sp³-hybridized carbons (Fsp3) is 0.500. The van der Waals surface area contributed by atoms with Crippen LogP contribution in [0.5, 0.6) is 0 Å². The summed E-state index contributed by atoms with van der Waals surface area (Å²) in [5.41, 5.74) is 0.910. The molecule has 1 rings (SSSR count). The second-order valence-electron chi connectivity index (χ2n) is 4.23. The first-order chi connectivity index (χ1) is 7.89. The second kappa shape index (κ2) is 5.62. The number of thiazole rings is 1. The van der Waals surface area contributed by atoms with E-state index in [9.17, 15) is 9.59 Å². The van der Waals surface area contributed by atoms with Gasteiger partial charge in [-0.25, -0.2) is 4.79 Å². The lowest BCUT2D eigenvalue weighted by Crippen LogP contribution is -2.49. The molecule has 6 nitrogen and oxygen atoms in total. The van der Waals surface area contributed by atoms with E-state index in [1.54, 1.807) is 25.6 Å². The number of hydrogen-bond acceptors (Lipinski definition) is 4. The predicted molar refractivity (Wildman–Crippen MR) is 63.8 cm³/mol. The van der Waals surface area contributed by atoms with E-state index in [1.807, 2.05) is 0 Å². The van der Waals surface area contributed by atoms with Crippen LogP contribution in [0, 0.1) is 0 Å². The number of nitrogens with one attached hydrogen (secondary N) is 2. The maximum atomic E-state index is 11.5. The van der Waals surface area contributed by atoms with Gasteiger partial charge in [-0.05, 0) is 13.8 Å². The van der Waals surface area contributed by atoms with E-state index < -0.39 is 11.5 Å². The van der Waals surface area contributed by atoms with Crippen molar-refractivity contribution in [2.75, 3.05) is 0 Å². The Hall–Kier alpha value is -1.63. The van der Waals surface area contributed by atoms with Crippen LogP contribution in [0.1, 0.15) is 25.1 Å². The zero-order chi connectivity index (χ0) is 12.9. The number of urea groups is 1. The zero-order valence-electron chi connectivity index (χ0n) is 9.69. The third-order valence-electron chi connectivity index (χ3n) is 1.95. The Morgan fingerprint density at radius 2 is 2.24 bits per heavy atom. The highest BCUT2D eigenvalue weighted by Gasteiger charge is 2.23. The number of carbonyl (C=O) groups is 2. The number of carbonyl (C=O) groups excluding carboxylic acids is 1. The highest BCUT2D eigenvalue weighted by atomic mass is 32.1. The third-order valence-corrected chi connectivity index (χ3v) is 2.73. The van der Waals surface area contributed by atoms with Gasteiger partial charge >= 0.3 is 12.0 Å². The van der Waals surface area contributed by atoms with E-state index in [1.165, 1.54) is 11.3 Å². The molecule has 94 valence electrons. The van der Waals surface area contributed by atoms with Gasteiger partial charge in [-0.15, -0.1) is 11.3 Å². The van der Waals surface area contributed by atoms with Crippen molar-refractivity contribution in [2.24, 2.45) is 0 Å². The summed E-state index contributed by atoms with van der Waals surface area (Å²) in [6, 6.07) is -0.385. The molecule has 0 saturated carbocycles. The summed E-state index contributed by atoms with van der Waals surface area (Å²) in [7, 11) is 0. The van der Waals surface area contributed by atoms with Gasteiger partial charge < -0.3 is 15.7 Å². The van der Waals surface area contributed by atoms with E-state index in [0.717, 1.165) is 4.88 Å².